The van der Waals surface area contributed by atoms with Crippen LogP contribution in [0, 0.1) is 0 Å². The molecule has 0 saturated carbocycles. The van der Waals surface area contributed by atoms with E-state index in [-0.39, 0.29) is 12.7 Å². The first-order valence-corrected chi connectivity index (χ1v) is 7.50. The number of anilines is 1. The van der Waals surface area contributed by atoms with Crippen LogP contribution in [0.4, 0.5) is 5.69 Å². The number of aromatic nitrogens is 2. The van der Waals surface area contributed by atoms with Crippen LogP contribution < -0.4 is 14.8 Å². The van der Waals surface area contributed by atoms with Crippen molar-refractivity contribution in [3.63, 3.8) is 0 Å². The lowest BCUT2D eigenvalue weighted by Gasteiger charge is -2.09. The van der Waals surface area contributed by atoms with E-state index in [1.165, 1.54) is 0 Å². The highest BCUT2D eigenvalue weighted by atomic mass is 16.7. The smallest absolute Gasteiger partial charge is 0.259 e. The molecule has 2 aromatic carbocycles. The summed E-state index contributed by atoms with van der Waals surface area (Å²) in [5.41, 5.74) is 2.07. The number of nitrogens with one attached hydrogen (secondary N) is 1. The van der Waals surface area contributed by atoms with Crippen LogP contribution in [0.15, 0.2) is 54.9 Å². The predicted octanol–water partition coefficient (Wildman–Crippen LogP) is 3.07. The second-order valence-electron chi connectivity index (χ2n) is 5.44. The summed E-state index contributed by atoms with van der Waals surface area (Å²) in [5.74, 6) is 1.66. The third kappa shape index (κ3) is 2.48. The first-order valence-electron chi connectivity index (χ1n) is 7.50. The molecular formula is C18H15N3O3. The van der Waals surface area contributed by atoms with E-state index in [0.717, 1.165) is 11.4 Å². The average molecular weight is 321 g/mol. The number of benzene rings is 2. The van der Waals surface area contributed by atoms with Gasteiger partial charge in [0.1, 0.15) is 5.82 Å². The largest absolute Gasteiger partial charge is 0.454 e. The summed E-state index contributed by atoms with van der Waals surface area (Å²) in [6.45, 7) is 0.133. The monoisotopic (exact) mass is 321 g/mol. The zero-order chi connectivity index (χ0) is 16.5. The van der Waals surface area contributed by atoms with Gasteiger partial charge in [-0.2, -0.15) is 0 Å². The number of carbonyl (C=O) groups excluding carboxylic acids is 1. The Hall–Kier alpha value is -3.28. The molecule has 0 saturated heterocycles. The maximum Gasteiger partial charge on any atom is 0.259 e. The highest BCUT2D eigenvalue weighted by Crippen LogP contribution is 2.35. The minimum Gasteiger partial charge on any atom is -0.454 e. The van der Waals surface area contributed by atoms with Crippen molar-refractivity contribution < 1.29 is 14.3 Å². The van der Waals surface area contributed by atoms with Gasteiger partial charge in [0.25, 0.3) is 5.91 Å². The topological polar surface area (TPSA) is 65.4 Å². The molecule has 24 heavy (non-hydrogen) atoms. The highest BCUT2D eigenvalue weighted by molar-refractivity contribution is 6.07. The molecule has 6 heteroatoms. The maximum absolute atomic E-state index is 12.6. The lowest BCUT2D eigenvalue weighted by Crippen LogP contribution is -2.12. The van der Waals surface area contributed by atoms with Gasteiger partial charge in [-0.15, -0.1) is 0 Å². The Morgan fingerprint density at radius 3 is 2.92 bits per heavy atom. The van der Waals surface area contributed by atoms with E-state index in [2.05, 4.69) is 10.3 Å². The van der Waals surface area contributed by atoms with E-state index in [0.29, 0.717) is 22.7 Å². The van der Waals surface area contributed by atoms with E-state index < -0.39 is 0 Å². The number of amides is 1. The second kappa shape index (κ2) is 5.73. The summed E-state index contributed by atoms with van der Waals surface area (Å²) in [7, 11) is 1.93. The molecule has 0 fully saturated rings. The Balaban J connectivity index is 1.61. The molecule has 0 spiro atoms. The predicted molar refractivity (Wildman–Crippen MR) is 89.2 cm³/mol. The summed E-state index contributed by atoms with van der Waals surface area (Å²) >= 11 is 0. The molecule has 0 atom stereocenters. The van der Waals surface area contributed by atoms with E-state index in [9.17, 15) is 4.79 Å². The first kappa shape index (κ1) is 14.3. The Labute approximate surface area is 138 Å². The molecule has 0 aliphatic carbocycles. The number of nitrogens with zero attached hydrogens (tertiary/aromatic N) is 2. The highest BCUT2D eigenvalue weighted by Gasteiger charge is 2.21. The maximum atomic E-state index is 12.6. The molecule has 3 aromatic rings. The molecule has 1 amide bonds. The van der Waals surface area contributed by atoms with Gasteiger partial charge in [-0.05, 0) is 24.3 Å². The van der Waals surface area contributed by atoms with Gasteiger partial charge in [-0.1, -0.05) is 18.2 Å². The van der Waals surface area contributed by atoms with Gasteiger partial charge in [-0.25, -0.2) is 4.98 Å². The van der Waals surface area contributed by atoms with E-state index in [1.54, 1.807) is 24.4 Å². The van der Waals surface area contributed by atoms with Crippen molar-refractivity contribution >= 4 is 11.6 Å². The Morgan fingerprint density at radius 1 is 1.21 bits per heavy atom. The fraction of sp³-hybridized carbons (Fsp3) is 0.111. The van der Waals surface area contributed by atoms with Gasteiger partial charge in [0.05, 0.1) is 5.56 Å². The Morgan fingerprint density at radius 2 is 2.08 bits per heavy atom. The van der Waals surface area contributed by atoms with Crippen LogP contribution in [-0.4, -0.2) is 22.3 Å². The molecule has 0 bridgehead atoms. The van der Waals surface area contributed by atoms with E-state index in [4.69, 9.17) is 9.47 Å². The number of hydrogen-bond acceptors (Lipinski definition) is 4. The number of para-hydroxylation sites is 1. The number of rotatable bonds is 3. The van der Waals surface area contributed by atoms with E-state index in [1.807, 2.05) is 42.1 Å². The molecule has 1 N–H and O–H groups in total. The molecule has 0 radical (unpaired) electrons. The van der Waals surface area contributed by atoms with Crippen LogP contribution in [0.2, 0.25) is 0 Å². The standard InChI is InChI=1S/C18H15N3O3/c1-21-9-8-19-17(21)12-4-2-5-13(10-12)20-18(22)14-6-3-7-15-16(14)24-11-23-15/h2-10H,11H2,1H3,(H,20,22). The number of carbonyl (C=O) groups is 1. The van der Waals surface area contributed by atoms with Gasteiger partial charge in [0.2, 0.25) is 6.79 Å². The average Bonchev–Trinajstić information content (AvgIpc) is 3.23. The SMILES string of the molecule is Cn1ccnc1-c1cccc(NC(=O)c2cccc3c2OCO3)c1. The van der Waals surface area contributed by atoms with Gasteiger partial charge in [0.15, 0.2) is 11.5 Å². The number of fused-ring (bicyclic) bond motifs is 1. The number of hydrogen-bond donors (Lipinski definition) is 1. The number of aryl methyl sites for hydroxylation is 1. The number of imidazole rings is 1. The van der Waals surface area contributed by atoms with Gasteiger partial charge in [-0.3, -0.25) is 4.79 Å². The van der Waals surface area contributed by atoms with Crippen molar-refractivity contribution in [1.29, 1.82) is 0 Å². The molecule has 4 rings (SSSR count). The van der Waals surface area contributed by atoms with Crippen LogP contribution in [0.5, 0.6) is 11.5 Å². The molecule has 1 aliphatic heterocycles. The zero-order valence-electron chi connectivity index (χ0n) is 13.0. The fourth-order valence-corrected chi connectivity index (χ4v) is 2.69. The summed E-state index contributed by atoms with van der Waals surface area (Å²) in [6, 6.07) is 12.8. The zero-order valence-corrected chi connectivity index (χ0v) is 13.0. The third-order valence-electron chi connectivity index (χ3n) is 3.84. The summed E-state index contributed by atoms with van der Waals surface area (Å²) in [6.07, 6.45) is 3.62. The lowest BCUT2D eigenvalue weighted by molar-refractivity contribution is 0.102. The molecule has 1 aromatic heterocycles. The summed E-state index contributed by atoms with van der Waals surface area (Å²) in [4.78, 5) is 16.9. The van der Waals surface area contributed by atoms with Crippen LogP contribution in [-0.2, 0) is 7.05 Å². The quantitative estimate of drug-likeness (QED) is 0.805. The Bertz CT molecular complexity index is 917. The Kier molecular flexibility index (Phi) is 3.42. The minimum atomic E-state index is -0.241. The molecule has 0 unspecified atom stereocenters. The molecule has 2 heterocycles. The second-order valence-corrected chi connectivity index (χ2v) is 5.44. The van der Waals surface area contributed by atoms with E-state index >= 15 is 0 Å². The normalized spacial score (nSPS) is 12.2. The fourth-order valence-electron chi connectivity index (χ4n) is 2.69. The molecule has 1 aliphatic rings. The van der Waals surface area contributed by atoms with Crippen molar-refractivity contribution in [3.05, 3.63) is 60.4 Å². The lowest BCUT2D eigenvalue weighted by atomic mass is 10.1. The third-order valence-corrected chi connectivity index (χ3v) is 3.84. The minimum absolute atomic E-state index is 0.133. The molecule has 6 nitrogen and oxygen atoms in total. The van der Waals surface area contributed by atoms with Crippen LogP contribution in [0.1, 0.15) is 10.4 Å². The van der Waals surface area contributed by atoms with Gasteiger partial charge < -0.3 is 19.4 Å². The summed E-state index contributed by atoms with van der Waals surface area (Å²) in [5, 5.41) is 2.90. The van der Waals surface area contributed by atoms with Crippen molar-refractivity contribution in [2.24, 2.45) is 7.05 Å². The van der Waals surface area contributed by atoms with Crippen LogP contribution in [0.3, 0.4) is 0 Å². The summed E-state index contributed by atoms with van der Waals surface area (Å²) < 4.78 is 12.6. The van der Waals surface area contributed by atoms with Gasteiger partial charge >= 0.3 is 0 Å². The van der Waals surface area contributed by atoms with Gasteiger partial charge in [0, 0.05) is 30.7 Å². The first-order chi connectivity index (χ1) is 11.7. The van der Waals surface area contributed by atoms with Crippen molar-refractivity contribution in [2.75, 3.05) is 12.1 Å². The van der Waals surface area contributed by atoms with Crippen molar-refractivity contribution in [3.8, 4) is 22.9 Å². The molecule has 120 valence electrons. The van der Waals surface area contributed by atoms with Crippen molar-refractivity contribution in [2.45, 2.75) is 0 Å². The molecular weight excluding hydrogens is 306 g/mol. The van der Waals surface area contributed by atoms with Crippen LogP contribution in [0.25, 0.3) is 11.4 Å². The van der Waals surface area contributed by atoms with Crippen LogP contribution >= 0.6 is 0 Å². The number of ether oxygens (including phenoxy) is 2. The van der Waals surface area contributed by atoms with Crippen molar-refractivity contribution in [1.82, 2.24) is 9.55 Å².